The minimum Gasteiger partial charge on any atom is -0.462 e. The Morgan fingerprint density at radius 1 is 1.13 bits per heavy atom. The molecule has 30 heavy (non-hydrogen) atoms. The lowest BCUT2D eigenvalue weighted by atomic mass is 9.89. The second-order valence-electron chi connectivity index (χ2n) is 9.15. The van der Waals surface area contributed by atoms with E-state index < -0.39 is 12.6 Å². The third-order valence-corrected chi connectivity index (χ3v) is 7.45. The molecule has 0 radical (unpaired) electrons. The fourth-order valence-electron chi connectivity index (χ4n) is 5.25. The number of anilines is 1. The van der Waals surface area contributed by atoms with Crippen LogP contribution in [0.5, 0.6) is 5.75 Å². The molecule has 2 saturated heterocycles. The lowest BCUT2D eigenvalue weighted by Crippen LogP contribution is -2.54. The summed E-state index contributed by atoms with van der Waals surface area (Å²) >= 11 is 0. The topological polar surface area (TPSA) is 54.0 Å². The van der Waals surface area contributed by atoms with Crippen molar-refractivity contribution in [1.29, 1.82) is 0 Å². The average molecular weight is 418 g/mol. The van der Waals surface area contributed by atoms with Crippen molar-refractivity contribution in [3.63, 3.8) is 0 Å². The molecule has 6 nitrogen and oxygen atoms in total. The number of halogens is 1. The van der Waals surface area contributed by atoms with Crippen LogP contribution in [0.4, 0.5) is 10.1 Å². The van der Waals surface area contributed by atoms with Crippen LogP contribution in [0, 0.1) is 5.92 Å². The number of rotatable bonds is 4. The molecule has 1 saturated carbocycles. The minimum atomic E-state index is -0.788. The first-order chi connectivity index (χ1) is 14.7. The van der Waals surface area contributed by atoms with E-state index in [0.717, 1.165) is 74.9 Å². The molecule has 1 aromatic carbocycles. The van der Waals surface area contributed by atoms with E-state index in [1.807, 2.05) is 0 Å². The van der Waals surface area contributed by atoms with Crippen LogP contribution in [0.2, 0.25) is 0 Å². The highest BCUT2D eigenvalue weighted by molar-refractivity contribution is 5.78. The summed E-state index contributed by atoms with van der Waals surface area (Å²) in [7, 11) is 0. The van der Waals surface area contributed by atoms with E-state index in [0.29, 0.717) is 6.61 Å². The number of carbonyl (C=O) groups excluding carboxylic acids is 1. The number of piperidine rings is 2. The van der Waals surface area contributed by atoms with Gasteiger partial charge in [-0.25, -0.2) is 4.39 Å². The zero-order chi connectivity index (χ0) is 20.6. The summed E-state index contributed by atoms with van der Waals surface area (Å²) in [5, 5.41) is 2.29. The van der Waals surface area contributed by atoms with Crippen LogP contribution < -0.4 is 15.0 Å². The van der Waals surface area contributed by atoms with Gasteiger partial charge < -0.3 is 19.7 Å². The van der Waals surface area contributed by atoms with E-state index in [-0.39, 0.29) is 11.8 Å². The van der Waals surface area contributed by atoms with Crippen molar-refractivity contribution < 1.29 is 18.7 Å². The van der Waals surface area contributed by atoms with Crippen molar-refractivity contribution >= 4 is 11.6 Å². The van der Waals surface area contributed by atoms with Crippen molar-refractivity contribution in [2.75, 3.05) is 37.9 Å². The SMILES string of the molecule is O=C(NCF)C1CCN(c2ccc3c(c2)COC2(CCN(C4CCC4)CC2)O3)CC1. The van der Waals surface area contributed by atoms with Gasteiger partial charge in [-0.2, -0.15) is 0 Å². The molecule has 0 atom stereocenters. The van der Waals surface area contributed by atoms with Crippen molar-refractivity contribution in [3.05, 3.63) is 23.8 Å². The molecule has 0 bridgehead atoms. The summed E-state index contributed by atoms with van der Waals surface area (Å²) in [6, 6.07) is 7.14. The van der Waals surface area contributed by atoms with Gasteiger partial charge in [-0.3, -0.25) is 9.69 Å². The minimum absolute atomic E-state index is 0.0908. The molecule has 1 aromatic rings. The van der Waals surface area contributed by atoms with Crippen LogP contribution in [-0.4, -0.2) is 55.6 Å². The normalized spacial score (nSPS) is 24.8. The molecule has 0 unspecified atom stereocenters. The number of ether oxygens (including phenoxy) is 2. The van der Waals surface area contributed by atoms with Crippen molar-refractivity contribution in [2.45, 2.75) is 63.4 Å². The van der Waals surface area contributed by atoms with Gasteiger partial charge in [-0.05, 0) is 43.9 Å². The highest BCUT2D eigenvalue weighted by Crippen LogP contribution is 2.40. The Morgan fingerprint density at radius 3 is 2.57 bits per heavy atom. The zero-order valence-corrected chi connectivity index (χ0v) is 17.6. The summed E-state index contributed by atoms with van der Waals surface area (Å²) < 4.78 is 25.0. The molecule has 1 spiro atoms. The molecule has 3 aliphatic heterocycles. The molecule has 1 N–H and O–H groups in total. The van der Waals surface area contributed by atoms with Gasteiger partial charge >= 0.3 is 0 Å². The highest BCUT2D eigenvalue weighted by Gasteiger charge is 2.42. The monoisotopic (exact) mass is 417 g/mol. The fraction of sp³-hybridized carbons (Fsp3) is 0.696. The molecule has 4 aliphatic rings. The Morgan fingerprint density at radius 2 is 1.90 bits per heavy atom. The Labute approximate surface area is 177 Å². The quantitative estimate of drug-likeness (QED) is 0.763. The van der Waals surface area contributed by atoms with Gasteiger partial charge in [0.2, 0.25) is 11.7 Å². The number of amides is 1. The maximum absolute atomic E-state index is 12.3. The van der Waals surface area contributed by atoms with Crippen LogP contribution in [0.25, 0.3) is 0 Å². The number of nitrogens with one attached hydrogen (secondary N) is 1. The molecular weight excluding hydrogens is 385 g/mol. The average Bonchev–Trinajstić information content (AvgIpc) is 2.74. The Balaban J connectivity index is 1.19. The van der Waals surface area contributed by atoms with E-state index >= 15 is 0 Å². The predicted octanol–water partition coefficient (Wildman–Crippen LogP) is 3.20. The molecule has 3 fully saturated rings. The van der Waals surface area contributed by atoms with Gasteiger partial charge in [-0.15, -0.1) is 0 Å². The molecule has 3 heterocycles. The Hall–Kier alpha value is -1.86. The fourth-order valence-corrected chi connectivity index (χ4v) is 5.25. The smallest absolute Gasteiger partial charge is 0.225 e. The molecule has 7 heteroatoms. The number of hydrogen-bond donors (Lipinski definition) is 1. The van der Waals surface area contributed by atoms with Gasteiger partial charge in [-0.1, -0.05) is 6.42 Å². The first-order valence-electron chi connectivity index (χ1n) is 11.4. The lowest BCUT2D eigenvalue weighted by Gasteiger charge is -2.47. The Kier molecular flexibility index (Phi) is 5.58. The van der Waals surface area contributed by atoms with Gasteiger partial charge in [0.05, 0.1) is 6.61 Å². The van der Waals surface area contributed by atoms with E-state index in [4.69, 9.17) is 9.47 Å². The number of nitrogens with zero attached hydrogens (tertiary/aromatic N) is 2. The van der Waals surface area contributed by atoms with Crippen molar-refractivity contribution in [1.82, 2.24) is 10.2 Å². The summed E-state index contributed by atoms with van der Waals surface area (Å²) in [5.74, 6) is 0.223. The van der Waals surface area contributed by atoms with Gasteiger partial charge in [0.25, 0.3) is 0 Å². The summed E-state index contributed by atoms with van der Waals surface area (Å²) in [6.07, 6.45) is 7.42. The summed E-state index contributed by atoms with van der Waals surface area (Å²) in [6.45, 7) is 3.51. The second-order valence-corrected chi connectivity index (χ2v) is 9.15. The number of benzene rings is 1. The molecule has 1 amide bonds. The third-order valence-electron chi connectivity index (χ3n) is 7.45. The van der Waals surface area contributed by atoms with Gasteiger partial charge in [0.15, 0.2) is 6.80 Å². The lowest BCUT2D eigenvalue weighted by molar-refractivity contribution is -0.231. The molecule has 1 aliphatic carbocycles. The van der Waals surface area contributed by atoms with E-state index in [1.165, 1.54) is 19.3 Å². The van der Waals surface area contributed by atoms with Crippen LogP contribution in [-0.2, 0) is 16.1 Å². The van der Waals surface area contributed by atoms with E-state index in [1.54, 1.807) is 0 Å². The first-order valence-corrected chi connectivity index (χ1v) is 11.4. The van der Waals surface area contributed by atoms with Crippen molar-refractivity contribution in [3.8, 4) is 5.75 Å². The largest absolute Gasteiger partial charge is 0.462 e. The van der Waals surface area contributed by atoms with Crippen LogP contribution in [0.3, 0.4) is 0 Å². The van der Waals surface area contributed by atoms with Crippen LogP contribution in [0.1, 0.15) is 50.5 Å². The van der Waals surface area contributed by atoms with E-state index in [9.17, 15) is 9.18 Å². The summed E-state index contributed by atoms with van der Waals surface area (Å²) in [4.78, 5) is 16.8. The number of likely N-dealkylation sites (tertiary alicyclic amines) is 1. The third kappa shape index (κ3) is 3.89. The molecule has 0 aromatic heterocycles. The molecule has 164 valence electrons. The number of carbonyl (C=O) groups is 1. The number of hydrogen-bond acceptors (Lipinski definition) is 5. The first kappa shape index (κ1) is 20.1. The van der Waals surface area contributed by atoms with Crippen LogP contribution >= 0.6 is 0 Å². The Bertz CT molecular complexity index is 769. The predicted molar refractivity (Wildman–Crippen MR) is 112 cm³/mol. The highest BCUT2D eigenvalue weighted by atomic mass is 19.1. The van der Waals surface area contributed by atoms with Crippen molar-refractivity contribution in [2.24, 2.45) is 5.92 Å². The second kappa shape index (κ2) is 8.35. The van der Waals surface area contributed by atoms with Crippen LogP contribution in [0.15, 0.2) is 18.2 Å². The maximum Gasteiger partial charge on any atom is 0.225 e. The number of alkyl halides is 1. The summed E-state index contributed by atoms with van der Waals surface area (Å²) in [5.41, 5.74) is 2.23. The van der Waals surface area contributed by atoms with Gasteiger partial charge in [0.1, 0.15) is 5.75 Å². The maximum atomic E-state index is 12.3. The zero-order valence-electron chi connectivity index (χ0n) is 17.6. The molecule has 5 rings (SSSR count). The number of fused-ring (bicyclic) bond motifs is 1. The standard InChI is InChI=1S/C23H32FN3O3/c24-16-25-22(28)17-6-10-26(11-7-17)20-4-5-21-18(14-20)15-29-23(30-21)8-12-27(13-9-23)19-2-1-3-19/h4-5,14,17,19H,1-3,6-13,15-16H2,(H,25,28). The van der Waals surface area contributed by atoms with Gasteiger partial charge in [0, 0.05) is 62.2 Å². The van der Waals surface area contributed by atoms with E-state index in [2.05, 4.69) is 33.3 Å². The molecular formula is C23H32FN3O3.